The molecule has 3 N–H and O–H groups in total. The number of hydrogen-bond donors (Lipinski definition) is 2. The van der Waals surface area contributed by atoms with Crippen molar-refractivity contribution in [3.05, 3.63) is 17.6 Å². The Morgan fingerprint density at radius 2 is 1.89 bits per heavy atom. The molecule has 4 heteroatoms. The second-order valence-corrected chi connectivity index (χ2v) is 5.66. The molecule has 0 atom stereocenters. The topological polar surface area (TPSA) is 63.8 Å². The monoisotopic (exact) mass is 248 g/mol. The summed E-state index contributed by atoms with van der Waals surface area (Å²) in [4.78, 5) is 9.06. The van der Waals surface area contributed by atoms with Gasteiger partial charge in [-0.05, 0) is 32.6 Å². The highest BCUT2D eigenvalue weighted by atomic mass is 15.1. The minimum absolute atomic E-state index is 0.366. The van der Waals surface area contributed by atoms with E-state index in [1.165, 1.54) is 0 Å². The first-order chi connectivity index (χ1) is 8.54. The van der Waals surface area contributed by atoms with Crippen LogP contribution < -0.4 is 11.1 Å². The van der Waals surface area contributed by atoms with Crippen LogP contribution in [0.1, 0.15) is 57.0 Å². The van der Waals surface area contributed by atoms with Gasteiger partial charge < -0.3 is 11.1 Å². The summed E-state index contributed by atoms with van der Waals surface area (Å²) in [5.74, 6) is 2.25. The van der Waals surface area contributed by atoms with Crippen molar-refractivity contribution in [2.75, 3.05) is 5.32 Å². The lowest BCUT2D eigenvalue weighted by molar-refractivity contribution is 0.410. The van der Waals surface area contributed by atoms with Gasteiger partial charge in [-0.25, -0.2) is 9.97 Å². The lowest BCUT2D eigenvalue weighted by Crippen LogP contribution is -2.33. The molecule has 2 rings (SSSR count). The van der Waals surface area contributed by atoms with Crippen LogP contribution in [0, 0.1) is 6.92 Å². The fourth-order valence-electron chi connectivity index (χ4n) is 2.40. The second kappa shape index (κ2) is 5.65. The van der Waals surface area contributed by atoms with Crippen LogP contribution in [0.5, 0.6) is 0 Å². The van der Waals surface area contributed by atoms with Crippen molar-refractivity contribution in [2.24, 2.45) is 5.73 Å². The molecule has 0 unspecified atom stereocenters. The van der Waals surface area contributed by atoms with Gasteiger partial charge >= 0.3 is 0 Å². The Morgan fingerprint density at radius 1 is 1.22 bits per heavy atom. The fraction of sp³-hybridized carbons (Fsp3) is 0.714. The van der Waals surface area contributed by atoms with E-state index in [2.05, 4.69) is 29.1 Å². The number of aromatic nitrogens is 2. The molecule has 0 aromatic carbocycles. The van der Waals surface area contributed by atoms with Crippen molar-refractivity contribution in [3.63, 3.8) is 0 Å². The predicted octanol–water partition coefficient (Wildman–Crippen LogP) is 2.59. The minimum atomic E-state index is 0.366. The number of nitrogens with one attached hydrogen (secondary N) is 1. The van der Waals surface area contributed by atoms with Crippen LogP contribution in [0.2, 0.25) is 0 Å². The molecule has 0 amide bonds. The van der Waals surface area contributed by atoms with E-state index in [-0.39, 0.29) is 0 Å². The van der Waals surface area contributed by atoms with E-state index >= 15 is 0 Å². The van der Waals surface area contributed by atoms with Gasteiger partial charge in [0.25, 0.3) is 0 Å². The van der Waals surface area contributed by atoms with Crippen molar-refractivity contribution in [2.45, 2.75) is 64.5 Å². The first-order valence-electron chi connectivity index (χ1n) is 6.92. The molecule has 0 bridgehead atoms. The molecule has 4 nitrogen and oxygen atoms in total. The molecule has 1 aromatic heterocycles. The fourth-order valence-corrected chi connectivity index (χ4v) is 2.40. The number of hydrogen-bond acceptors (Lipinski definition) is 4. The molecule has 0 saturated heterocycles. The van der Waals surface area contributed by atoms with Crippen LogP contribution in [0.4, 0.5) is 5.82 Å². The molecule has 1 heterocycles. The molecular weight excluding hydrogens is 224 g/mol. The molecule has 1 aliphatic rings. The zero-order valence-corrected chi connectivity index (χ0v) is 11.6. The van der Waals surface area contributed by atoms with Crippen molar-refractivity contribution in [3.8, 4) is 0 Å². The van der Waals surface area contributed by atoms with Crippen molar-refractivity contribution < 1.29 is 0 Å². The van der Waals surface area contributed by atoms with Gasteiger partial charge in [0, 0.05) is 29.8 Å². The highest BCUT2D eigenvalue weighted by Gasteiger charge is 2.19. The van der Waals surface area contributed by atoms with Gasteiger partial charge in [0.15, 0.2) is 0 Å². The number of rotatable bonds is 3. The number of nitrogens with zero attached hydrogens (tertiary/aromatic N) is 2. The molecule has 0 radical (unpaired) electrons. The van der Waals surface area contributed by atoms with Gasteiger partial charge in [0.1, 0.15) is 11.6 Å². The second-order valence-electron chi connectivity index (χ2n) is 5.66. The average molecular weight is 248 g/mol. The van der Waals surface area contributed by atoms with Crippen LogP contribution in [-0.4, -0.2) is 22.1 Å². The lowest BCUT2D eigenvalue weighted by Gasteiger charge is -2.27. The Labute approximate surface area is 109 Å². The quantitative estimate of drug-likeness (QED) is 0.863. The van der Waals surface area contributed by atoms with Gasteiger partial charge in [-0.15, -0.1) is 0 Å². The average Bonchev–Trinajstić information content (AvgIpc) is 2.31. The van der Waals surface area contributed by atoms with Crippen molar-refractivity contribution in [1.29, 1.82) is 0 Å². The normalized spacial score (nSPS) is 24.3. The maximum atomic E-state index is 5.92. The zero-order chi connectivity index (χ0) is 13.1. The van der Waals surface area contributed by atoms with E-state index in [4.69, 9.17) is 5.73 Å². The highest BCUT2D eigenvalue weighted by molar-refractivity contribution is 5.37. The molecular formula is C14H24N4. The summed E-state index contributed by atoms with van der Waals surface area (Å²) in [6.45, 7) is 6.27. The smallest absolute Gasteiger partial charge is 0.133 e. The van der Waals surface area contributed by atoms with E-state index in [0.717, 1.165) is 43.0 Å². The van der Waals surface area contributed by atoms with Crippen molar-refractivity contribution >= 4 is 5.82 Å². The molecule has 1 aliphatic carbocycles. The molecule has 1 fully saturated rings. The summed E-state index contributed by atoms with van der Waals surface area (Å²) in [7, 11) is 0. The Morgan fingerprint density at radius 3 is 2.50 bits per heavy atom. The van der Waals surface area contributed by atoms with E-state index in [0.29, 0.717) is 18.0 Å². The van der Waals surface area contributed by atoms with E-state index in [1.54, 1.807) is 0 Å². The number of anilines is 1. The largest absolute Gasteiger partial charge is 0.367 e. The molecule has 1 aromatic rings. The minimum Gasteiger partial charge on any atom is -0.367 e. The molecule has 0 spiro atoms. The Bertz CT molecular complexity index is 395. The van der Waals surface area contributed by atoms with E-state index in [1.807, 2.05) is 13.0 Å². The Balaban J connectivity index is 2.04. The first-order valence-corrected chi connectivity index (χ1v) is 6.92. The lowest BCUT2D eigenvalue weighted by atomic mass is 9.92. The van der Waals surface area contributed by atoms with Crippen molar-refractivity contribution in [1.82, 2.24) is 9.97 Å². The summed E-state index contributed by atoms with van der Waals surface area (Å²) in [6, 6.07) is 2.93. The molecule has 1 saturated carbocycles. The van der Waals surface area contributed by atoms with E-state index < -0.39 is 0 Å². The third kappa shape index (κ3) is 3.42. The van der Waals surface area contributed by atoms with E-state index in [9.17, 15) is 0 Å². The standard InChI is InChI=1S/C14H24N4/c1-9(2)14-16-10(3)8-13(18-14)17-12-6-4-11(15)5-7-12/h8-9,11-12H,4-7,15H2,1-3H3,(H,16,17,18). The Hall–Kier alpha value is -1.16. The number of aryl methyl sites for hydroxylation is 1. The van der Waals surface area contributed by atoms with Gasteiger partial charge in [0.05, 0.1) is 0 Å². The summed E-state index contributed by atoms with van der Waals surface area (Å²) in [5, 5.41) is 3.53. The van der Waals surface area contributed by atoms with Crippen LogP contribution in [-0.2, 0) is 0 Å². The summed E-state index contributed by atoms with van der Waals surface area (Å²) in [5.41, 5.74) is 6.96. The van der Waals surface area contributed by atoms with Gasteiger partial charge in [-0.1, -0.05) is 13.8 Å². The maximum Gasteiger partial charge on any atom is 0.133 e. The SMILES string of the molecule is Cc1cc(NC2CCC(N)CC2)nc(C(C)C)n1. The van der Waals surface area contributed by atoms with Gasteiger partial charge in [-0.3, -0.25) is 0 Å². The zero-order valence-electron chi connectivity index (χ0n) is 11.6. The maximum absolute atomic E-state index is 5.92. The molecule has 100 valence electrons. The highest BCUT2D eigenvalue weighted by Crippen LogP contribution is 2.21. The Kier molecular flexibility index (Phi) is 4.17. The van der Waals surface area contributed by atoms with Crippen LogP contribution in [0.15, 0.2) is 6.07 Å². The third-order valence-corrected chi connectivity index (χ3v) is 3.51. The van der Waals surface area contributed by atoms with Crippen LogP contribution in [0.3, 0.4) is 0 Å². The predicted molar refractivity (Wildman–Crippen MR) is 74.7 cm³/mol. The molecule has 0 aliphatic heterocycles. The number of nitrogens with two attached hydrogens (primary N) is 1. The van der Waals surface area contributed by atoms with Crippen LogP contribution in [0.25, 0.3) is 0 Å². The third-order valence-electron chi connectivity index (χ3n) is 3.51. The van der Waals surface area contributed by atoms with Gasteiger partial charge in [-0.2, -0.15) is 0 Å². The summed E-state index contributed by atoms with van der Waals surface area (Å²) < 4.78 is 0. The molecule has 18 heavy (non-hydrogen) atoms. The summed E-state index contributed by atoms with van der Waals surface area (Å²) in [6.07, 6.45) is 4.50. The first kappa shape index (κ1) is 13.3. The summed E-state index contributed by atoms with van der Waals surface area (Å²) >= 11 is 0. The van der Waals surface area contributed by atoms with Gasteiger partial charge in [0.2, 0.25) is 0 Å². The van der Waals surface area contributed by atoms with Crippen LogP contribution >= 0.6 is 0 Å².